The first-order chi connectivity index (χ1) is 7.49. The Balaban J connectivity index is 2.72. The Hall–Kier alpha value is -1.91. The van der Waals surface area contributed by atoms with E-state index in [4.69, 9.17) is 0 Å². The van der Waals surface area contributed by atoms with E-state index < -0.39 is 0 Å². The van der Waals surface area contributed by atoms with Crippen molar-refractivity contribution in [2.24, 2.45) is 7.05 Å². The van der Waals surface area contributed by atoms with Gasteiger partial charge in [-0.1, -0.05) is 0 Å². The molecule has 0 bridgehead atoms. The summed E-state index contributed by atoms with van der Waals surface area (Å²) in [4.78, 5) is 20.3. The molecule has 2 aromatic rings. The van der Waals surface area contributed by atoms with Crippen LogP contribution in [0.2, 0.25) is 0 Å². The molecule has 0 amide bonds. The minimum atomic E-state index is -0.106. The average Bonchev–Trinajstić information content (AvgIpc) is 2.39. The van der Waals surface area contributed by atoms with Crippen molar-refractivity contribution in [1.82, 2.24) is 19.3 Å². The summed E-state index contributed by atoms with van der Waals surface area (Å²) in [6.45, 7) is 5.65. The molecule has 5 heteroatoms. The van der Waals surface area contributed by atoms with Gasteiger partial charge in [-0.15, -0.1) is 0 Å². The third kappa shape index (κ3) is 1.64. The fourth-order valence-corrected chi connectivity index (χ4v) is 1.67. The molecule has 16 heavy (non-hydrogen) atoms. The number of rotatable bonds is 1. The van der Waals surface area contributed by atoms with Crippen LogP contribution in [0.3, 0.4) is 0 Å². The van der Waals surface area contributed by atoms with Crippen molar-refractivity contribution < 1.29 is 0 Å². The lowest BCUT2D eigenvalue weighted by molar-refractivity contribution is 0.602. The summed E-state index contributed by atoms with van der Waals surface area (Å²) in [6, 6.07) is 3.45. The topological polar surface area (TPSA) is 52.7 Å². The molecule has 2 aromatic heterocycles. The smallest absolute Gasteiger partial charge is 0.274 e. The van der Waals surface area contributed by atoms with Gasteiger partial charge in [0.15, 0.2) is 0 Å². The number of hydrogen-bond acceptors (Lipinski definition) is 3. The van der Waals surface area contributed by atoms with E-state index in [-0.39, 0.29) is 5.56 Å². The van der Waals surface area contributed by atoms with Crippen LogP contribution in [-0.4, -0.2) is 19.3 Å². The lowest BCUT2D eigenvalue weighted by Crippen LogP contribution is -2.22. The molecular weight excluding hydrogens is 204 g/mol. The van der Waals surface area contributed by atoms with Crippen molar-refractivity contribution in [1.29, 1.82) is 0 Å². The molecule has 0 saturated carbocycles. The number of hydrogen-bond donors (Lipinski definition) is 0. The molecule has 5 nitrogen and oxygen atoms in total. The van der Waals surface area contributed by atoms with Gasteiger partial charge in [0.1, 0.15) is 0 Å². The summed E-state index contributed by atoms with van der Waals surface area (Å²) in [6.07, 6.45) is 0. The highest BCUT2D eigenvalue weighted by Crippen LogP contribution is 2.04. The third-order valence-corrected chi connectivity index (χ3v) is 2.51. The molecule has 0 radical (unpaired) electrons. The zero-order valence-corrected chi connectivity index (χ0v) is 9.85. The fourth-order valence-electron chi connectivity index (χ4n) is 1.67. The van der Waals surface area contributed by atoms with Crippen molar-refractivity contribution in [3.8, 4) is 5.95 Å². The Kier molecular flexibility index (Phi) is 2.38. The monoisotopic (exact) mass is 218 g/mol. The van der Waals surface area contributed by atoms with Gasteiger partial charge in [0.05, 0.1) is 0 Å². The molecule has 0 atom stereocenters. The summed E-state index contributed by atoms with van der Waals surface area (Å²) >= 11 is 0. The van der Waals surface area contributed by atoms with Gasteiger partial charge in [-0.2, -0.15) is 4.68 Å². The van der Waals surface area contributed by atoms with E-state index in [1.807, 2.05) is 33.9 Å². The van der Waals surface area contributed by atoms with Gasteiger partial charge < -0.3 is 0 Å². The number of nitrogens with zero attached hydrogens (tertiary/aromatic N) is 4. The first-order valence-corrected chi connectivity index (χ1v) is 5.07. The quantitative estimate of drug-likeness (QED) is 0.714. The zero-order chi connectivity index (χ0) is 11.9. The van der Waals surface area contributed by atoms with Gasteiger partial charge in [0.2, 0.25) is 0 Å². The largest absolute Gasteiger partial charge is 0.283 e. The molecule has 0 N–H and O–H groups in total. The van der Waals surface area contributed by atoms with E-state index in [0.717, 1.165) is 17.1 Å². The highest BCUT2D eigenvalue weighted by molar-refractivity contribution is 5.18. The van der Waals surface area contributed by atoms with E-state index in [1.54, 1.807) is 10.7 Å². The van der Waals surface area contributed by atoms with Gasteiger partial charge in [-0.25, -0.2) is 9.97 Å². The Bertz CT molecular complexity index is 574. The highest BCUT2D eigenvalue weighted by Gasteiger charge is 2.10. The second kappa shape index (κ2) is 3.59. The maximum Gasteiger partial charge on any atom is 0.274 e. The molecule has 0 aromatic carbocycles. The van der Waals surface area contributed by atoms with Crippen molar-refractivity contribution in [2.45, 2.75) is 20.8 Å². The summed E-state index contributed by atoms with van der Waals surface area (Å²) in [7, 11) is 1.82. The Labute approximate surface area is 93.4 Å². The molecule has 84 valence electrons. The van der Waals surface area contributed by atoms with Gasteiger partial charge in [-0.05, 0) is 26.8 Å². The van der Waals surface area contributed by atoms with Crippen LogP contribution in [0.15, 0.2) is 16.9 Å². The predicted molar refractivity (Wildman–Crippen MR) is 60.8 cm³/mol. The minimum absolute atomic E-state index is 0.106. The van der Waals surface area contributed by atoms with Crippen LogP contribution in [0, 0.1) is 20.8 Å². The lowest BCUT2D eigenvalue weighted by Gasteiger charge is -2.07. The molecule has 0 aliphatic carbocycles. The zero-order valence-electron chi connectivity index (χ0n) is 9.85. The Morgan fingerprint density at radius 3 is 2.06 bits per heavy atom. The lowest BCUT2D eigenvalue weighted by atomic mass is 10.4. The molecule has 0 aliphatic heterocycles. The van der Waals surface area contributed by atoms with Crippen LogP contribution in [0.1, 0.15) is 17.1 Å². The van der Waals surface area contributed by atoms with Crippen LogP contribution < -0.4 is 5.56 Å². The maximum absolute atomic E-state index is 11.7. The van der Waals surface area contributed by atoms with E-state index >= 15 is 0 Å². The van der Waals surface area contributed by atoms with Crippen molar-refractivity contribution in [2.75, 3.05) is 0 Å². The van der Waals surface area contributed by atoms with Gasteiger partial charge in [-0.3, -0.25) is 9.48 Å². The van der Waals surface area contributed by atoms with Crippen molar-refractivity contribution in [3.05, 3.63) is 39.6 Å². The molecule has 2 rings (SSSR count). The molecular formula is C11H14N4O. The fraction of sp³-hybridized carbons (Fsp3) is 0.364. The minimum Gasteiger partial charge on any atom is -0.283 e. The Morgan fingerprint density at radius 2 is 1.62 bits per heavy atom. The molecule has 0 fully saturated rings. The predicted octanol–water partition coefficient (Wildman–Crippen LogP) is 0.891. The van der Waals surface area contributed by atoms with E-state index in [1.165, 1.54) is 4.68 Å². The van der Waals surface area contributed by atoms with Gasteiger partial charge >= 0.3 is 0 Å². The van der Waals surface area contributed by atoms with Crippen LogP contribution in [0.25, 0.3) is 5.95 Å². The van der Waals surface area contributed by atoms with Crippen molar-refractivity contribution in [3.63, 3.8) is 0 Å². The third-order valence-electron chi connectivity index (χ3n) is 2.51. The first-order valence-electron chi connectivity index (χ1n) is 5.07. The standard InChI is InChI=1S/C11H14N4O/c1-7-5-8(2)13-11(12-7)15-10(16)6-9(3)14(15)4/h5-6H,1-4H3. The molecule has 0 unspecified atom stereocenters. The first kappa shape index (κ1) is 10.6. The van der Waals surface area contributed by atoms with Gasteiger partial charge in [0.25, 0.3) is 11.5 Å². The summed E-state index contributed by atoms with van der Waals surface area (Å²) in [5, 5.41) is 0. The normalized spacial score (nSPS) is 10.8. The van der Waals surface area contributed by atoms with Crippen LogP contribution in [0.5, 0.6) is 0 Å². The number of aromatic nitrogens is 4. The summed E-state index contributed by atoms with van der Waals surface area (Å²) in [5.41, 5.74) is 2.49. The SMILES string of the molecule is Cc1cc(C)nc(-n2c(=O)cc(C)n2C)n1. The van der Waals surface area contributed by atoms with Crippen LogP contribution in [0.4, 0.5) is 0 Å². The maximum atomic E-state index is 11.7. The molecule has 0 spiro atoms. The molecule has 2 heterocycles. The van der Waals surface area contributed by atoms with Gasteiger partial charge in [0, 0.05) is 30.2 Å². The number of aryl methyl sites for hydroxylation is 3. The van der Waals surface area contributed by atoms with E-state index in [0.29, 0.717) is 5.95 Å². The summed E-state index contributed by atoms with van der Waals surface area (Å²) in [5.74, 6) is 0.429. The van der Waals surface area contributed by atoms with E-state index in [2.05, 4.69) is 9.97 Å². The van der Waals surface area contributed by atoms with Crippen molar-refractivity contribution >= 4 is 0 Å². The van der Waals surface area contributed by atoms with Crippen LogP contribution in [-0.2, 0) is 7.05 Å². The molecule has 0 saturated heterocycles. The second-order valence-electron chi connectivity index (χ2n) is 3.91. The summed E-state index contributed by atoms with van der Waals surface area (Å²) < 4.78 is 3.21. The van der Waals surface area contributed by atoms with Crippen LogP contribution >= 0.6 is 0 Å². The highest BCUT2D eigenvalue weighted by atomic mass is 16.1. The Morgan fingerprint density at radius 1 is 1.06 bits per heavy atom. The average molecular weight is 218 g/mol. The second-order valence-corrected chi connectivity index (χ2v) is 3.91. The molecule has 0 aliphatic rings. The van der Waals surface area contributed by atoms with E-state index in [9.17, 15) is 4.79 Å².